The third-order valence-corrected chi connectivity index (χ3v) is 4.60. The fourth-order valence-electron chi connectivity index (χ4n) is 2.50. The standard InChI is InChI=1S/C19H32N4.HI/c1-6-20-19(22-18-11-15(18)4)21-12-16-9-7-8-10-17(16)13-23(5)14(2)3;/h7-10,14-15,18H,6,11-13H2,1-5H3,(H2,20,21,22);1H. The Hall–Kier alpha value is -0.820. The van der Waals surface area contributed by atoms with Crippen molar-refractivity contribution in [3.05, 3.63) is 35.4 Å². The summed E-state index contributed by atoms with van der Waals surface area (Å²) < 4.78 is 0. The van der Waals surface area contributed by atoms with E-state index in [4.69, 9.17) is 4.99 Å². The van der Waals surface area contributed by atoms with Crippen LogP contribution < -0.4 is 10.6 Å². The van der Waals surface area contributed by atoms with E-state index >= 15 is 0 Å². The number of guanidine groups is 1. The van der Waals surface area contributed by atoms with Crippen LogP contribution in [-0.2, 0) is 13.1 Å². The molecule has 2 atom stereocenters. The Morgan fingerprint density at radius 2 is 1.92 bits per heavy atom. The molecule has 136 valence electrons. The maximum atomic E-state index is 4.79. The van der Waals surface area contributed by atoms with Crippen LogP contribution in [-0.4, -0.2) is 36.5 Å². The average Bonchev–Trinajstić information content (AvgIpc) is 3.21. The van der Waals surface area contributed by atoms with Gasteiger partial charge in [0.15, 0.2) is 5.96 Å². The molecule has 1 aliphatic rings. The molecule has 0 saturated heterocycles. The van der Waals surface area contributed by atoms with Gasteiger partial charge in [0.2, 0.25) is 0 Å². The second-order valence-electron chi connectivity index (χ2n) is 6.94. The number of nitrogens with zero attached hydrogens (tertiary/aromatic N) is 2. The lowest BCUT2D eigenvalue weighted by Crippen LogP contribution is -2.39. The number of aliphatic imine (C=N–C) groups is 1. The van der Waals surface area contributed by atoms with Crippen molar-refractivity contribution in [1.82, 2.24) is 15.5 Å². The van der Waals surface area contributed by atoms with Crippen molar-refractivity contribution < 1.29 is 0 Å². The number of hydrogen-bond acceptors (Lipinski definition) is 2. The van der Waals surface area contributed by atoms with Gasteiger partial charge in [0.25, 0.3) is 0 Å². The van der Waals surface area contributed by atoms with E-state index in [1.165, 1.54) is 17.5 Å². The van der Waals surface area contributed by atoms with Crippen LogP contribution in [0.3, 0.4) is 0 Å². The zero-order chi connectivity index (χ0) is 16.8. The molecular weight excluding hydrogens is 411 g/mol. The molecule has 0 aliphatic heterocycles. The number of nitrogens with one attached hydrogen (secondary N) is 2. The van der Waals surface area contributed by atoms with E-state index in [1.54, 1.807) is 0 Å². The Morgan fingerprint density at radius 1 is 1.29 bits per heavy atom. The molecule has 0 heterocycles. The third kappa shape index (κ3) is 6.59. The van der Waals surface area contributed by atoms with Crippen LogP contribution in [0.2, 0.25) is 0 Å². The summed E-state index contributed by atoms with van der Waals surface area (Å²) in [5.74, 6) is 1.71. The van der Waals surface area contributed by atoms with Gasteiger partial charge in [-0.15, -0.1) is 24.0 Å². The molecule has 1 aromatic carbocycles. The smallest absolute Gasteiger partial charge is 0.191 e. The Bertz CT molecular complexity index is 530. The predicted octanol–water partition coefficient (Wildman–Crippen LogP) is 3.61. The highest BCUT2D eigenvalue weighted by atomic mass is 127. The van der Waals surface area contributed by atoms with Crippen molar-refractivity contribution >= 4 is 29.9 Å². The van der Waals surface area contributed by atoms with Gasteiger partial charge in [-0.05, 0) is 51.3 Å². The Labute approximate surface area is 164 Å². The van der Waals surface area contributed by atoms with Gasteiger partial charge in [-0.1, -0.05) is 31.2 Å². The van der Waals surface area contributed by atoms with Gasteiger partial charge in [-0.25, -0.2) is 4.99 Å². The predicted molar refractivity (Wildman–Crippen MR) is 114 cm³/mol. The second kappa shape index (κ2) is 10.2. The highest BCUT2D eigenvalue weighted by molar-refractivity contribution is 14.0. The first kappa shape index (κ1) is 21.2. The van der Waals surface area contributed by atoms with Gasteiger partial charge in [-0.3, -0.25) is 4.90 Å². The SMILES string of the molecule is CCNC(=NCc1ccccc1CN(C)C(C)C)NC1CC1C.I. The Balaban J connectivity index is 0.00000288. The molecule has 5 heteroatoms. The lowest BCUT2D eigenvalue weighted by molar-refractivity contribution is 0.265. The van der Waals surface area contributed by atoms with Crippen molar-refractivity contribution in [2.45, 2.75) is 59.3 Å². The summed E-state index contributed by atoms with van der Waals surface area (Å²) in [4.78, 5) is 7.15. The summed E-state index contributed by atoms with van der Waals surface area (Å²) in [6, 6.07) is 9.76. The fourth-order valence-corrected chi connectivity index (χ4v) is 2.50. The third-order valence-electron chi connectivity index (χ3n) is 4.60. The summed E-state index contributed by atoms with van der Waals surface area (Å²) in [7, 11) is 2.17. The molecule has 0 aromatic heterocycles. The zero-order valence-corrected chi connectivity index (χ0v) is 18.0. The highest BCUT2D eigenvalue weighted by Crippen LogP contribution is 2.28. The van der Waals surface area contributed by atoms with Crippen LogP contribution in [0.5, 0.6) is 0 Å². The molecule has 1 saturated carbocycles. The fraction of sp³-hybridized carbons (Fsp3) is 0.632. The lowest BCUT2D eigenvalue weighted by atomic mass is 10.1. The molecule has 0 spiro atoms. The summed E-state index contributed by atoms with van der Waals surface area (Å²) in [5.41, 5.74) is 2.67. The van der Waals surface area contributed by atoms with Gasteiger partial charge in [-0.2, -0.15) is 0 Å². The Morgan fingerprint density at radius 3 is 2.46 bits per heavy atom. The van der Waals surface area contributed by atoms with Crippen molar-refractivity contribution in [3.63, 3.8) is 0 Å². The van der Waals surface area contributed by atoms with Crippen molar-refractivity contribution in [3.8, 4) is 0 Å². The molecule has 1 aliphatic carbocycles. The average molecular weight is 444 g/mol. The zero-order valence-electron chi connectivity index (χ0n) is 15.7. The maximum Gasteiger partial charge on any atom is 0.191 e. The van der Waals surface area contributed by atoms with Crippen molar-refractivity contribution in [1.29, 1.82) is 0 Å². The summed E-state index contributed by atoms with van der Waals surface area (Å²) in [6.45, 7) is 11.4. The van der Waals surface area contributed by atoms with E-state index < -0.39 is 0 Å². The number of hydrogen-bond donors (Lipinski definition) is 2. The normalized spacial score (nSPS) is 20.0. The Kier molecular flexibility index (Phi) is 9.05. The van der Waals surface area contributed by atoms with E-state index in [-0.39, 0.29) is 24.0 Å². The van der Waals surface area contributed by atoms with Crippen LogP contribution in [0.15, 0.2) is 29.3 Å². The highest BCUT2D eigenvalue weighted by Gasteiger charge is 2.33. The van der Waals surface area contributed by atoms with Crippen molar-refractivity contribution in [2.24, 2.45) is 10.9 Å². The summed E-state index contributed by atoms with van der Waals surface area (Å²) in [6.07, 6.45) is 1.25. The molecule has 2 unspecified atom stereocenters. The number of rotatable bonds is 7. The van der Waals surface area contributed by atoms with Crippen LogP contribution >= 0.6 is 24.0 Å². The largest absolute Gasteiger partial charge is 0.357 e. The topological polar surface area (TPSA) is 39.7 Å². The van der Waals surface area contributed by atoms with Gasteiger partial charge < -0.3 is 10.6 Å². The molecular formula is C19H33IN4. The quantitative estimate of drug-likeness (QED) is 0.384. The van der Waals surface area contributed by atoms with E-state index in [9.17, 15) is 0 Å². The molecule has 0 bridgehead atoms. The molecule has 1 aromatic rings. The van der Waals surface area contributed by atoms with Crippen LogP contribution in [0.4, 0.5) is 0 Å². The molecule has 0 amide bonds. The maximum absolute atomic E-state index is 4.79. The molecule has 2 rings (SSSR count). The van der Waals surface area contributed by atoms with Gasteiger partial charge in [0.1, 0.15) is 0 Å². The first-order valence-electron chi connectivity index (χ1n) is 8.83. The van der Waals surface area contributed by atoms with Crippen LogP contribution in [0.25, 0.3) is 0 Å². The monoisotopic (exact) mass is 444 g/mol. The second-order valence-corrected chi connectivity index (χ2v) is 6.94. The van der Waals surface area contributed by atoms with E-state index in [2.05, 4.69) is 74.5 Å². The van der Waals surface area contributed by atoms with Crippen LogP contribution in [0.1, 0.15) is 45.2 Å². The van der Waals surface area contributed by atoms with Gasteiger partial charge in [0, 0.05) is 25.2 Å². The molecule has 24 heavy (non-hydrogen) atoms. The summed E-state index contributed by atoms with van der Waals surface area (Å²) in [5, 5.41) is 6.87. The van der Waals surface area contributed by atoms with E-state index in [0.717, 1.165) is 31.5 Å². The first-order chi connectivity index (χ1) is 11.0. The first-order valence-corrected chi connectivity index (χ1v) is 8.83. The molecule has 0 radical (unpaired) electrons. The molecule has 2 N–H and O–H groups in total. The molecule has 1 fully saturated rings. The van der Waals surface area contributed by atoms with Crippen LogP contribution in [0, 0.1) is 5.92 Å². The minimum Gasteiger partial charge on any atom is -0.357 e. The number of benzene rings is 1. The lowest BCUT2D eigenvalue weighted by Gasteiger charge is -2.22. The van der Waals surface area contributed by atoms with E-state index in [1.807, 2.05) is 0 Å². The van der Waals surface area contributed by atoms with E-state index in [0.29, 0.717) is 12.1 Å². The number of halogens is 1. The minimum absolute atomic E-state index is 0. The van der Waals surface area contributed by atoms with Gasteiger partial charge >= 0.3 is 0 Å². The molecule has 4 nitrogen and oxygen atoms in total. The minimum atomic E-state index is 0. The van der Waals surface area contributed by atoms with Crippen molar-refractivity contribution in [2.75, 3.05) is 13.6 Å². The summed E-state index contributed by atoms with van der Waals surface area (Å²) >= 11 is 0. The van der Waals surface area contributed by atoms with Gasteiger partial charge in [0.05, 0.1) is 6.54 Å².